The number of benzene rings is 1. The molecule has 4 fully saturated rings. The highest BCUT2D eigenvalue weighted by Gasteiger charge is 2.60. The van der Waals surface area contributed by atoms with E-state index < -0.39 is 0 Å². The van der Waals surface area contributed by atoms with E-state index in [1.165, 1.54) is 37.7 Å². The van der Waals surface area contributed by atoms with Gasteiger partial charge in [0.05, 0.1) is 0 Å². The maximum Gasteiger partial charge on any atom is 0.303 e. The summed E-state index contributed by atoms with van der Waals surface area (Å²) in [4.78, 5) is 11.8. The summed E-state index contributed by atoms with van der Waals surface area (Å²) < 4.78 is 6.06. The monoisotopic (exact) mass is 270 g/mol. The van der Waals surface area contributed by atoms with Crippen LogP contribution in [0.1, 0.15) is 44.6 Å². The van der Waals surface area contributed by atoms with E-state index >= 15 is 0 Å². The molecule has 2 heteroatoms. The minimum Gasteiger partial charge on any atom is -0.454 e. The van der Waals surface area contributed by atoms with E-state index in [0.29, 0.717) is 11.8 Å². The molecule has 0 aromatic heterocycles. The van der Waals surface area contributed by atoms with Crippen LogP contribution in [0, 0.1) is 23.7 Å². The van der Waals surface area contributed by atoms with Crippen LogP contribution in [0.3, 0.4) is 0 Å². The SMILES string of the molecule is CC(=O)OC1(c2ccccc2)C2CC3CC(C2)CC1C3. The molecule has 20 heavy (non-hydrogen) atoms. The van der Waals surface area contributed by atoms with Crippen molar-refractivity contribution in [3.63, 3.8) is 0 Å². The molecular weight excluding hydrogens is 248 g/mol. The summed E-state index contributed by atoms with van der Waals surface area (Å²) in [5.41, 5.74) is 0.893. The van der Waals surface area contributed by atoms with Crippen LogP contribution in [-0.4, -0.2) is 5.97 Å². The van der Waals surface area contributed by atoms with Crippen molar-refractivity contribution in [2.24, 2.45) is 23.7 Å². The second-order valence-electron chi connectivity index (χ2n) is 7.06. The van der Waals surface area contributed by atoms with Crippen LogP contribution in [0.2, 0.25) is 0 Å². The summed E-state index contributed by atoms with van der Waals surface area (Å²) in [5.74, 6) is 2.70. The molecule has 0 unspecified atom stereocenters. The van der Waals surface area contributed by atoms with Gasteiger partial charge in [-0.25, -0.2) is 0 Å². The zero-order valence-corrected chi connectivity index (χ0v) is 12.0. The number of esters is 1. The van der Waals surface area contributed by atoms with E-state index in [1.807, 2.05) is 6.07 Å². The molecule has 4 aliphatic rings. The minimum absolute atomic E-state index is 0.124. The highest BCUT2D eigenvalue weighted by molar-refractivity contribution is 5.67. The molecule has 1 aromatic carbocycles. The molecule has 106 valence electrons. The molecule has 0 heterocycles. The summed E-state index contributed by atoms with van der Waals surface area (Å²) in [5, 5.41) is 0. The predicted octanol–water partition coefficient (Wildman–Crippen LogP) is 3.90. The fourth-order valence-electron chi connectivity index (χ4n) is 5.52. The molecule has 0 saturated heterocycles. The maximum atomic E-state index is 11.8. The average molecular weight is 270 g/mol. The smallest absolute Gasteiger partial charge is 0.303 e. The van der Waals surface area contributed by atoms with E-state index in [9.17, 15) is 4.79 Å². The van der Waals surface area contributed by atoms with Crippen molar-refractivity contribution in [2.75, 3.05) is 0 Å². The van der Waals surface area contributed by atoms with E-state index in [2.05, 4.69) is 24.3 Å². The third-order valence-corrected chi connectivity index (χ3v) is 5.89. The Hall–Kier alpha value is -1.31. The zero-order valence-electron chi connectivity index (χ0n) is 12.0. The van der Waals surface area contributed by atoms with Crippen LogP contribution >= 0.6 is 0 Å². The van der Waals surface area contributed by atoms with Crippen molar-refractivity contribution < 1.29 is 9.53 Å². The number of rotatable bonds is 2. The molecule has 2 nitrogen and oxygen atoms in total. The molecule has 0 atom stereocenters. The van der Waals surface area contributed by atoms with Gasteiger partial charge in [0.15, 0.2) is 0 Å². The van der Waals surface area contributed by atoms with Gasteiger partial charge in [-0.3, -0.25) is 4.79 Å². The van der Waals surface area contributed by atoms with Gasteiger partial charge >= 0.3 is 5.97 Å². The standard InChI is InChI=1S/C18H22O2/c1-12(19)20-18(15-5-3-2-4-6-15)16-8-13-7-14(10-16)11-17(18)9-13/h2-6,13-14,16-17H,7-11H2,1H3. The molecule has 0 spiro atoms. The van der Waals surface area contributed by atoms with E-state index in [4.69, 9.17) is 4.74 Å². The second-order valence-corrected chi connectivity index (χ2v) is 7.06. The van der Waals surface area contributed by atoms with Crippen LogP contribution < -0.4 is 0 Å². The number of carbonyl (C=O) groups excluding carboxylic acids is 1. The topological polar surface area (TPSA) is 26.3 Å². The lowest BCUT2D eigenvalue weighted by Crippen LogP contribution is -2.57. The third kappa shape index (κ3) is 1.66. The van der Waals surface area contributed by atoms with Crippen LogP contribution in [0.4, 0.5) is 0 Å². The lowest BCUT2D eigenvalue weighted by Gasteiger charge is -2.60. The Kier molecular flexibility index (Phi) is 2.70. The summed E-state index contributed by atoms with van der Waals surface area (Å²) in [6.07, 6.45) is 6.40. The van der Waals surface area contributed by atoms with Crippen molar-refractivity contribution in [1.29, 1.82) is 0 Å². The molecule has 4 bridgehead atoms. The molecule has 4 aliphatic carbocycles. The second kappa shape index (κ2) is 4.34. The first-order chi connectivity index (χ1) is 9.68. The van der Waals surface area contributed by atoms with Gasteiger partial charge in [-0.1, -0.05) is 30.3 Å². The van der Waals surface area contributed by atoms with Crippen LogP contribution in [0.5, 0.6) is 0 Å². The van der Waals surface area contributed by atoms with Crippen LogP contribution in [0.15, 0.2) is 30.3 Å². The van der Waals surface area contributed by atoms with E-state index in [0.717, 1.165) is 11.8 Å². The number of ether oxygens (including phenoxy) is 1. The van der Waals surface area contributed by atoms with Crippen molar-refractivity contribution in [1.82, 2.24) is 0 Å². The Morgan fingerprint density at radius 3 is 2.05 bits per heavy atom. The molecule has 1 aromatic rings. The Labute approximate surface area is 120 Å². The normalized spacial score (nSPS) is 41.6. The average Bonchev–Trinajstić information content (AvgIpc) is 2.43. The number of hydrogen-bond acceptors (Lipinski definition) is 2. The summed E-state index contributed by atoms with van der Waals surface area (Å²) in [6.45, 7) is 1.57. The number of hydrogen-bond donors (Lipinski definition) is 0. The Bertz CT molecular complexity index is 491. The molecular formula is C18H22O2. The minimum atomic E-state index is -0.333. The lowest BCUT2D eigenvalue weighted by molar-refractivity contribution is -0.213. The Morgan fingerprint density at radius 2 is 1.55 bits per heavy atom. The summed E-state index contributed by atoms with van der Waals surface area (Å²) in [6, 6.07) is 10.5. The first-order valence-corrected chi connectivity index (χ1v) is 7.93. The van der Waals surface area contributed by atoms with Crippen molar-refractivity contribution >= 4 is 5.97 Å². The van der Waals surface area contributed by atoms with Gasteiger partial charge in [0, 0.05) is 18.8 Å². The maximum absolute atomic E-state index is 11.8. The van der Waals surface area contributed by atoms with Gasteiger partial charge in [-0.15, -0.1) is 0 Å². The molecule has 4 saturated carbocycles. The summed E-state index contributed by atoms with van der Waals surface area (Å²) >= 11 is 0. The third-order valence-electron chi connectivity index (χ3n) is 5.89. The summed E-state index contributed by atoms with van der Waals surface area (Å²) in [7, 11) is 0. The van der Waals surface area contributed by atoms with Gasteiger partial charge < -0.3 is 4.74 Å². The fraction of sp³-hybridized carbons (Fsp3) is 0.611. The zero-order chi connectivity index (χ0) is 13.7. The van der Waals surface area contributed by atoms with Crippen molar-refractivity contribution in [2.45, 2.75) is 44.6 Å². The van der Waals surface area contributed by atoms with Gasteiger partial charge in [0.2, 0.25) is 0 Å². The molecule has 5 rings (SSSR count). The van der Waals surface area contributed by atoms with E-state index in [-0.39, 0.29) is 11.6 Å². The van der Waals surface area contributed by atoms with Crippen LogP contribution in [0.25, 0.3) is 0 Å². The van der Waals surface area contributed by atoms with Gasteiger partial charge in [-0.2, -0.15) is 0 Å². The largest absolute Gasteiger partial charge is 0.454 e. The first-order valence-electron chi connectivity index (χ1n) is 7.93. The fourth-order valence-corrected chi connectivity index (χ4v) is 5.52. The van der Waals surface area contributed by atoms with Crippen molar-refractivity contribution in [3.05, 3.63) is 35.9 Å². The van der Waals surface area contributed by atoms with Gasteiger partial charge in [-0.05, 0) is 49.5 Å². The molecule has 0 aliphatic heterocycles. The van der Waals surface area contributed by atoms with Crippen LogP contribution in [-0.2, 0) is 15.1 Å². The van der Waals surface area contributed by atoms with Crippen molar-refractivity contribution in [3.8, 4) is 0 Å². The molecule has 0 radical (unpaired) electrons. The van der Waals surface area contributed by atoms with E-state index in [1.54, 1.807) is 6.92 Å². The molecule has 0 amide bonds. The highest BCUT2D eigenvalue weighted by Crippen LogP contribution is 2.63. The highest BCUT2D eigenvalue weighted by atomic mass is 16.6. The Morgan fingerprint density at radius 1 is 1.00 bits per heavy atom. The quantitative estimate of drug-likeness (QED) is 0.762. The lowest BCUT2D eigenvalue weighted by atomic mass is 9.48. The van der Waals surface area contributed by atoms with Gasteiger partial charge in [0.25, 0.3) is 0 Å². The molecule has 0 N–H and O–H groups in total. The predicted molar refractivity (Wildman–Crippen MR) is 76.9 cm³/mol. The Balaban J connectivity index is 1.81. The first kappa shape index (κ1) is 12.4. The van der Waals surface area contributed by atoms with Gasteiger partial charge in [0.1, 0.15) is 5.60 Å². The number of carbonyl (C=O) groups is 1.